The lowest BCUT2D eigenvalue weighted by atomic mass is 9.72. The Bertz CT molecular complexity index is 1700. The third kappa shape index (κ3) is 5.68. The van der Waals surface area contributed by atoms with E-state index in [9.17, 15) is 22.4 Å². The van der Waals surface area contributed by atoms with Crippen LogP contribution in [0.1, 0.15) is 73.2 Å². The number of sulfonamides is 1. The summed E-state index contributed by atoms with van der Waals surface area (Å²) in [5.74, 6) is -1.67. The van der Waals surface area contributed by atoms with Crippen LogP contribution in [0.4, 0.5) is 4.39 Å². The Hall–Kier alpha value is -3.69. The minimum atomic E-state index is -4.02. The van der Waals surface area contributed by atoms with E-state index in [1.165, 1.54) is 18.2 Å². The zero-order valence-electron chi connectivity index (χ0n) is 24.4. The van der Waals surface area contributed by atoms with Gasteiger partial charge in [0.2, 0.25) is 15.9 Å². The number of benzene rings is 2. The van der Waals surface area contributed by atoms with Gasteiger partial charge in [0.15, 0.2) is 5.78 Å². The minimum absolute atomic E-state index is 0.0696. The predicted molar refractivity (Wildman–Crippen MR) is 160 cm³/mol. The molecule has 9 heteroatoms. The first-order valence-electron chi connectivity index (χ1n) is 14.2. The summed E-state index contributed by atoms with van der Waals surface area (Å²) in [4.78, 5) is 31.2. The van der Waals surface area contributed by atoms with Gasteiger partial charge in [-0.15, -0.1) is 0 Å². The summed E-state index contributed by atoms with van der Waals surface area (Å²) in [6.07, 6.45) is 1.39. The van der Waals surface area contributed by atoms with Crippen LogP contribution in [-0.4, -0.2) is 31.1 Å². The van der Waals surface area contributed by atoms with Crippen molar-refractivity contribution in [3.05, 3.63) is 106 Å². The second kappa shape index (κ2) is 11.5. The van der Waals surface area contributed by atoms with Gasteiger partial charge in [-0.1, -0.05) is 70.2 Å². The number of aromatic nitrogens is 1. The Balaban J connectivity index is 1.42. The Kier molecular flexibility index (Phi) is 8.18. The molecule has 2 aromatic carbocycles. The fourth-order valence-electron chi connectivity index (χ4n) is 6.29. The first kappa shape index (κ1) is 29.8. The largest absolute Gasteiger partial charge is 0.299 e. The van der Waals surface area contributed by atoms with E-state index in [1.807, 2.05) is 25.1 Å². The molecule has 7 nitrogen and oxygen atoms in total. The number of carbonyl (C=O) groups is 2. The quantitative estimate of drug-likeness (QED) is 0.376. The summed E-state index contributed by atoms with van der Waals surface area (Å²) in [7, 11) is -4.02. The lowest BCUT2D eigenvalue weighted by Crippen LogP contribution is -2.33. The van der Waals surface area contributed by atoms with Crippen molar-refractivity contribution < 1.29 is 22.4 Å². The number of nitrogens with one attached hydrogen (secondary N) is 2. The van der Waals surface area contributed by atoms with Crippen LogP contribution < -0.4 is 10.0 Å². The average molecular weight is 590 g/mol. The maximum absolute atomic E-state index is 14.1. The summed E-state index contributed by atoms with van der Waals surface area (Å²) in [5.41, 5.74) is 5.89. The number of rotatable bonds is 8. The van der Waals surface area contributed by atoms with Crippen LogP contribution in [0.2, 0.25) is 0 Å². The smallest absolute Gasteiger partial charge is 0.239 e. The van der Waals surface area contributed by atoms with Gasteiger partial charge in [-0.05, 0) is 58.7 Å². The van der Waals surface area contributed by atoms with Crippen LogP contribution in [-0.2, 0) is 31.8 Å². The summed E-state index contributed by atoms with van der Waals surface area (Å²) < 4.78 is 41.6. The van der Waals surface area contributed by atoms with Crippen LogP contribution in [0.25, 0.3) is 5.57 Å². The van der Waals surface area contributed by atoms with E-state index < -0.39 is 27.5 Å². The minimum Gasteiger partial charge on any atom is -0.299 e. The van der Waals surface area contributed by atoms with Crippen molar-refractivity contribution in [2.45, 2.75) is 64.8 Å². The molecule has 5 rings (SSSR count). The van der Waals surface area contributed by atoms with Crippen molar-refractivity contribution in [3.8, 4) is 0 Å². The molecule has 1 aromatic heterocycles. The monoisotopic (exact) mass is 589 g/mol. The summed E-state index contributed by atoms with van der Waals surface area (Å²) in [5, 5.41) is 3.70. The van der Waals surface area contributed by atoms with Gasteiger partial charge in [-0.3, -0.25) is 24.6 Å². The Labute approximate surface area is 246 Å². The molecule has 2 N–H and O–H groups in total. The molecule has 0 saturated carbocycles. The molecule has 0 saturated heterocycles. The Morgan fingerprint density at radius 1 is 1.00 bits per heavy atom. The van der Waals surface area contributed by atoms with E-state index >= 15 is 0 Å². The van der Waals surface area contributed by atoms with E-state index in [4.69, 9.17) is 4.98 Å². The highest BCUT2D eigenvalue weighted by Crippen LogP contribution is 2.49. The van der Waals surface area contributed by atoms with Crippen LogP contribution >= 0.6 is 0 Å². The van der Waals surface area contributed by atoms with Crippen molar-refractivity contribution in [2.75, 3.05) is 0 Å². The van der Waals surface area contributed by atoms with Crippen molar-refractivity contribution in [2.24, 2.45) is 11.8 Å². The van der Waals surface area contributed by atoms with Gasteiger partial charge in [0.25, 0.3) is 0 Å². The highest BCUT2D eigenvalue weighted by Gasteiger charge is 2.47. The van der Waals surface area contributed by atoms with Gasteiger partial charge in [0.05, 0.1) is 29.8 Å². The number of fused-ring (bicyclic) bond motifs is 2. The zero-order valence-corrected chi connectivity index (χ0v) is 25.3. The maximum Gasteiger partial charge on any atom is 0.239 e. The first-order valence-corrected chi connectivity index (χ1v) is 15.9. The fourth-order valence-corrected chi connectivity index (χ4v) is 7.40. The van der Waals surface area contributed by atoms with Crippen molar-refractivity contribution in [1.82, 2.24) is 15.0 Å². The van der Waals surface area contributed by atoms with Crippen molar-refractivity contribution in [3.63, 3.8) is 0 Å². The number of pyridine rings is 1. The number of ketones is 1. The topological polar surface area (TPSA) is 105 Å². The van der Waals surface area contributed by atoms with E-state index in [-0.39, 0.29) is 47.6 Å². The van der Waals surface area contributed by atoms with E-state index in [2.05, 4.69) is 37.7 Å². The SMILES string of the molecule is Cc1cc(CS(=O)(=O)NC(=O)Cc2ccccc2F)ccc1C1NC(C(C)C)C2=C1C(=O)C(C(C)C)c1cccnc12. The standard InChI is InChI=1S/C33H36FN3O4S/c1-18(2)27-24-10-8-14-35-31(24)28-29(33(27)39)32(36-30(28)19(3)4)23-13-12-21(15-20(23)5)17-42(40,41)37-26(38)16-22-9-6-7-11-25(22)34/h6-15,18-19,27,30,32,36H,16-17H2,1-5H3,(H,37,38). The average Bonchev–Trinajstić information content (AvgIpc) is 3.31. The van der Waals surface area contributed by atoms with Gasteiger partial charge in [0.1, 0.15) is 5.82 Å². The van der Waals surface area contributed by atoms with Gasteiger partial charge in [-0.25, -0.2) is 12.8 Å². The normalized spacial score (nSPS) is 20.2. The number of aryl methyl sites for hydroxylation is 1. The van der Waals surface area contributed by atoms with Gasteiger partial charge >= 0.3 is 0 Å². The second-order valence-electron chi connectivity index (χ2n) is 11.9. The molecule has 3 unspecified atom stereocenters. The lowest BCUT2D eigenvalue weighted by molar-refractivity contribution is -0.119. The second-order valence-corrected chi connectivity index (χ2v) is 13.6. The molecular formula is C33H36FN3O4S. The van der Waals surface area contributed by atoms with Gasteiger partial charge in [0, 0.05) is 23.4 Å². The van der Waals surface area contributed by atoms with Crippen LogP contribution in [0, 0.1) is 24.6 Å². The number of halogens is 1. The lowest BCUT2D eigenvalue weighted by Gasteiger charge is -2.30. The molecule has 1 aliphatic heterocycles. The third-order valence-electron chi connectivity index (χ3n) is 8.13. The summed E-state index contributed by atoms with van der Waals surface area (Å²) in [6.45, 7) is 10.2. The molecule has 1 aliphatic carbocycles. The van der Waals surface area contributed by atoms with Crippen molar-refractivity contribution in [1.29, 1.82) is 0 Å². The molecule has 220 valence electrons. The van der Waals surface area contributed by atoms with Crippen molar-refractivity contribution >= 4 is 27.3 Å². The van der Waals surface area contributed by atoms with E-state index in [1.54, 1.807) is 24.4 Å². The molecule has 2 heterocycles. The zero-order chi connectivity index (χ0) is 30.3. The number of hydrogen-bond acceptors (Lipinski definition) is 6. The molecule has 1 amide bonds. The third-order valence-corrected chi connectivity index (χ3v) is 9.38. The number of nitrogens with zero attached hydrogens (tertiary/aromatic N) is 1. The number of hydrogen-bond donors (Lipinski definition) is 2. The molecule has 2 aliphatic rings. The number of amides is 1. The maximum atomic E-state index is 14.1. The number of carbonyl (C=O) groups excluding carboxylic acids is 2. The summed E-state index contributed by atoms with van der Waals surface area (Å²) >= 11 is 0. The molecule has 3 atom stereocenters. The van der Waals surface area contributed by atoms with Crippen LogP contribution in [0.15, 0.2) is 66.4 Å². The summed E-state index contributed by atoms with van der Waals surface area (Å²) in [6, 6.07) is 14.6. The van der Waals surface area contributed by atoms with Crippen LogP contribution in [0.3, 0.4) is 0 Å². The fraction of sp³-hybridized carbons (Fsp3) is 0.364. The predicted octanol–water partition coefficient (Wildman–Crippen LogP) is 5.16. The van der Waals surface area contributed by atoms with Gasteiger partial charge in [-0.2, -0.15) is 0 Å². The molecule has 0 fully saturated rings. The highest BCUT2D eigenvalue weighted by atomic mass is 32.2. The number of Topliss-reactive ketones (excluding diaryl/α,β-unsaturated/α-hetero) is 1. The highest BCUT2D eigenvalue weighted by molar-refractivity contribution is 7.89. The van der Waals surface area contributed by atoms with Crippen LogP contribution in [0.5, 0.6) is 0 Å². The molecular weight excluding hydrogens is 553 g/mol. The van der Waals surface area contributed by atoms with Gasteiger partial charge < -0.3 is 0 Å². The van der Waals surface area contributed by atoms with E-state index in [0.717, 1.165) is 33.5 Å². The first-order chi connectivity index (χ1) is 19.9. The molecule has 3 aromatic rings. The Morgan fingerprint density at radius 3 is 2.40 bits per heavy atom. The molecule has 0 radical (unpaired) electrons. The Morgan fingerprint density at radius 2 is 1.74 bits per heavy atom. The van der Waals surface area contributed by atoms with E-state index in [0.29, 0.717) is 5.56 Å². The molecule has 0 bridgehead atoms. The molecule has 42 heavy (non-hydrogen) atoms. The molecule has 0 spiro atoms.